The molecule has 8 heteroatoms. The minimum atomic E-state index is -4.23. The Labute approximate surface area is 125 Å². The highest BCUT2D eigenvalue weighted by Gasteiger charge is 2.42. The van der Waals surface area contributed by atoms with Gasteiger partial charge in [0.1, 0.15) is 0 Å². The predicted molar refractivity (Wildman–Crippen MR) is 75.0 cm³/mol. The smallest absolute Gasteiger partial charge is 0.393 e. The van der Waals surface area contributed by atoms with Crippen molar-refractivity contribution in [1.82, 2.24) is 0 Å². The molecule has 1 heterocycles. The third-order valence-corrected chi connectivity index (χ3v) is 3.90. The first-order chi connectivity index (χ1) is 9.84. The molecule has 1 aliphatic rings. The largest absolute Gasteiger partial charge is 0.409 e. The van der Waals surface area contributed by atoms with Gasteiger partial charge < -0.3 is 15.8 Å². The number of nitrogens with zero attached hydrogens (tertiary/aromatic N) is 2. The summed E-state index contributed by atoms with van der Waals surface area (Å²) in [4.78, 5) is 1.58. The average molecular weight is 322 g/mol. The number of nitrogens with two attached hydrogens (primary N) is 1. The minimum absolute atomic E-state index is 0.111. The number of rotatable bonds is 2. The Morgan fingerprint density at radius 2 is 2.14 bits per heavy atom. The van der Waals surface area contributed by atoms with Gasteiger partial charge in [0, 0.05) is 18.8 Å². The lowest BCUT2D eigenvalue weighted by molar-refractivity contribution is -0.175. The molecule has 0 aliphatic carbocycles. The number of halogens is 4. The zero-order valence-corrected chi connectivity index (χ0v) is 11.8. The first-order valence-electron chi connectivity index (χ1n) is 6.42. The van der Waals surface area contributed by atoms with Crippen LogP contribution in [-0.2, 0) is 0 Å². The lowest BCUT2D eigenvalue weighted by atomic mass is 9.96. The van der Waals surface area contributed by atoms with Gasteiger partial charge in [-0.2, -0.15) is 13.2 Å². The van der Waals surface area contributed by atoms with Gasteiger partial charge in [0.15, 0.2) is 5.84 Å². The molecule has 2 rings (SSSR count). The molecule has 0 aromatic heterocycles. The van der Waals surface area contributed by atoms with E-state index in [1.165, 1.54) is 0 Å². The van der Waals surface area contributed by atoms with Crippen LogP contribution in [0, 0.1) is 5.92 Å². The van der Waals surface area contributed by atoms with Crippen LogP contribution in [0.2, 0.25) is 5.02 Å². The van der Waals surface area contributed by atoms with Crippen molar-refractivity contribution in [2.75, 3.05) is 18.0 Å². The Morgan fingerprint density at radius 1 is 1.43 bits per heavy atom. The van der Waals surface area contributed by atoms with Crippen LogP contribution in [0.25, 0.3) is 0 Å². The number of oxime groups is 1. The number of piperidine rings is 1. The van der Waals surface area contributed by atoms with E-state index < -0.39 is 12.1 Å². The molecule has 0 radical (unpaired) electrons. The predicted octanol–water partition coefficient (Wildman–Crippen LogP) is 3.21. The molecule has 1 aromatic carbocycles. The molecule has 4 nitrogen and oxygen atoms in total. The standard InChI is InChI=1S/C13H15ClF3N3O/c14-9-4-1-5-10(11(9)12(18)19-21)20-6-2-3-8(7-20)13(15,16)17/h1,4-5,8,21H,2-3,6-7H2,(H2,18,19). The number of alkyl halides is 3. The van der Waals surface area contributed by atoms with Crippen LogP contribution in [0.1, 0.15) is 18.4 Å². The Balaban J connectivity index is 2.36. The molecule has 21 heavy (non-hydrogen) atoms. The van der Waals surface area contributed by atoms with Crippen LogP contribution in [0.5, 0.6) is 0 Å². The summed E-state index contributed by atoms with van der Waals surface area (Å²) in [5.74, 6) is -1.60. The normalized spacial score (nSPS) is 20.7. The Morgan fingerprint density at radius 3 is 2.76 bits per heavy atom. The molecule has 1 aliphatic heterocycles. The summed E-state index contributed by atoms with van der Waals surface area (Å²) >= 11 is 6.03. The molecular weight excluding hydrogens is 307 g/mol. The lowest BCUT2D eigenvalue weighted by Crippen LogP contribution is -2.42. The Bertz CT molecular complexity index is 548. The second-order valence-corrected chi connectivity index (χ2v) is 5.35. The summed E-state index contributed by atoms with van der Waals surface area (Å²) in [6.07, 6.45) is -3.69. The number of anilines is 1. The summed E-state index contributed by atoms with van der Waals surface area (Å²) in [6.45, 7) is 0.314. The van der Waals surface area contributed by atoms with Gasteiger partial charge in [0.25, 0.3) is 0 Å². The molecule has 0 amide bonds. The van der Waals surface area contributed by atoms with E-state index in [4.69, 9.17) is 22.5 Å². The minimum Gasteiger partial charge on any atom is -0.409 e. The van der Waals surface area contributed by atoms with E-state index >= 15 is 0 Å². The van der Waals surface area contributed by atoms with Crippen LogP contribution in [0.3, 0.4) is 0 Å². The molecule has 1 unspecified atom stereocenters. The van der Waals surface area contributed by atoms with Crippen LogP contribution in [0.15, 0.2) is 23.4 Å². The molecule has 116 valence electrons. The first-order valence-corrected chi connectivity index (χ1v) is 6.80. The number of hydrogen-bond acceptors (Lipinski definition) is 3. The van der Waals surface area contributed by atoms with Gasteiger partial charge in [0.2, 0.25) is 0 Å². The SMILES string of the molecule is NC(=NO)c1c(Cl)cccc1N1CCCC(C(F)(F)F)C1. The fraction of sp³-hybridized carbons (Fsp3) is 0.462. The van der Waals surface area contributed by atoms with Crippen LogP contribution >= 0.6 is 11.6 Å². The maximum atomic E-state index is 12.9. The van der Waals surface area contributed by atoms with Crippen molar-refractivity contribution in [1.29, 1.82) is 0 Å². The summed E-state index contributed by atoms with van der Waals surface area (Å²) in [5, 5.41) is 12.0. The highest BCUT2D eigenvalue weighted by Crippen LogP contribution is 2.36. The van der Waals surface area contributed by atoms with Gasteiger partial charge in [0.05, 0.1) is 16.5 Å². The quantitative estimate of drug-likeness (QED) is 0.380. The number of benzene rings is 1. The fourth-order valence-electron chi connectivity index (χ4n) is 2.54. The van der Waals surface area contributed by atoms with Crippen LogP contribution < -0.4 is 10.6 Å². The first kappa shape index (κ1) is 15.8. The maximum absolute atomic E-state index is 12.9. The van der Waals surface area contributed by atoms with Gasteiger partial charge >= 0.3 is 6.18 Å². The molecule has 3 N–H and O–H groups in total. The van der Waals surface area contributed by atoms with Gasteiger partial charge in [-0.25, -0.2) is 0 Å². The zero-order chi connectivity index (χ0) is 15.6. The van der Waals surface area contributed by atoms with E-state index in [0.717, 1.165) is 0 Å². The van der Waals surface area contributed by atoms with Crippen molar-refractivity contribution in [2.24, 2.45) is 16.8 Å². The molecule has 0 spiro atoms. The Hall–Kier alpha value is -1.63. The number of amidine groups is 1. The van der Waals surface area contributed by atoms with Crippen molar-refractivity contribution >= 4 is 23.1 Å². The van der Waals surface area contributed by atoms with Crippen molar-refractivity contribution in [2.45, 2.75) is 19.0 Å². The van der Waals surface area contributed by atoms with E-state index in [1.807, 2.05) is 0 Å². The highest BCUT2D eigenvalue weighted by atomic mass is 35.5. The van der Waals surface area contributed by atoms with E-state index in [2.05, 4.69) is 5.16 Å². The zero-order valence-electron chi connectivity index (χ0n) is 11.1. The molecule has 0 bridgehead atoms. The number of hydrogen-bond donors (Lipinski definition) is 2. The topological polar surface area (TPSA) is 61.9 Å². The van der Waals surface area contributed by atoms with Gasteiger partial charge in [-0.05, 0) is 25.0 Å². The van der Waals surface area contributed by atoms with E-state index in [0.29, 0.717) is 18.7 Å². The molecule has 1 saturated heterocycles. The molecular formula is C13H15ClF3N3O. The van der Waals surface area contributed by atoms with E-state index in [1.54, 1.807) is 23.1 Å². The summed E-state index contributed by atoms with van der Waals surface area (Å²) in [5.41, 5.74) is 6.29. The van der Waals surface area contributed by atoms with Gasteiger partial charge in [-0.15, -0.1) is 0 Å². The van der Waals surface area contributed by atoms with Crippen molar-refractivity contribution < 1.29 is 18.4 Å². The molecule has 0 saturated carbocycles. The molecule has 1 aromatic rings. The summed E-state index contributed by atoms with van der Waals surface area (Å²) in [7, 11) is 0. The van der Waals surface area contributed by atoms with Crippen LogP contribution in [-0.4, -0.2) is 30.3 Å². The van der Waals surface area contributed by atoms with Gasteiger partial charge in [-0.3, -0.25) is 0 Å². The summed E-state index contributed by atoms with van der Waals surface area (Å²) < 4.78 is 38.7. The van der Waals surface area contributed by atoms with E-state index in [-0.39, 0.29) is 29.4 Å². The molecule has 1 atom stereocenters. The third-order valence-electron chi connectivity index (χ3n) is 3.58. The second-order valence-electron chi connectivity index (χ2n) is 4.95. The highest BCUT2D eigenvalue weighted by molar-refractivity contribution is 6.34. The van der Waals surface area contributed by atoms with Crippen LogP contribution in [0.4, 0.5) is 18.9 Å². The monoisotopic (exact) mass is 321 g/mol. The average Bonchev–Trinajstić information content (AvgIpc) is 2.45. The summed E-state index contributed by atoms with van der Waals surface area (Å²) in [6, 6.07) is 4.80. The maximum Gasteiger partial charge on any atom is 0.393 e. The molecule has 1 fully saturated rings. The second kappa shape index (κ2) is 6.01. The van der Waals surface area contributed by atoms with Crippen molar-refractivity contribution in [3.8, 4) is 0 Å². The Kier molecular flexibility index (Phi) is 4.51. The third kappa shape index (κ3) is 3.34. The lowest BCUT2D eigenvalue weighted by Gasteiger charge is -2.36. The van der Waals surface area contributed by atoms with Gasteiger partial charge in [-0.1, -0.05) is 22.8 Å². The van der Waals surface area contributed by atoms with Crippen molar-refractivity contribution in [3.05, 3.63) is 28.8 Å². The van der Waals surface area contributed by atoms with Crippen molar-refractivity contribution in [3.63, 3.8) is 0 Å². The van der Waals surface area contributed by atoms with E-state index in [9.17, 15) is 13.2 Å². The fourth-order valence-corrected chi connectivity index (χ4v) is 2.81.